The Labute approximate surface area is 144 Å². The molecule has 0 radical (unpaired) electrons. The molecule has 0 aliphatic carbocycles. The van der Waals surface area contributed by atoms with E-state index in [2.05, 4.69) is 5.32 Å². The largest absolute Gasteiger partial charge is 0.451 e. The first-order valence-corrected chi connectivity index (χ1v) is 8.38. The summed E-state index contributed by atoms with van der Waals surface area (Å²) < 4.78 is 4.97. The number of rotatable bonds is 7. The predicted octanol–water partition coefficient (Wildman–Crippen LogP) is 3.03. The molecule has 0 fully saturated rings. The molecule has 1 aromatic heterocycles. The molecule has 1 aromatic carbocycles. The molecular formula is C18H19NO4S. The Morgan fingerprint density at radius 2 is 1.75 bits per heavy atom. The van der Waals surface area contributed by atoms with Crippen molar-refractivity contribution in [2.24, 2.45) is 0 Å². The number of carbonyl (C=O) groups excluding carboxylic acids is 3. The molecule has 1 N–H and O–H groups in total. The lowest BCUT2D eigenvalue weighted by Crippen LogP contribution is -2.31. The summed E-state index contributed by atoms with van der Waals surface area (Å²) in [6.45, 7) is 3.57. The van der Waals surface area contributed by atoms with Crippen molar-refractivity contribution >= 4 is 29.0 Å². The van der Waals surface area contributed by atoms with Crippen molar-refractivity contribution in [3.8, 4) is 0 Å². The molecule has 126 valence electrons. The second-order valence-corrected chi connectivity index (χ2v) is 6.50. The second kappa shape index (κ2) is 8.40. The number of thiophene rings is 1. The number of hydrogen-bond donors (Lipinski definition) is 1. The van der Waals surface area contributed by atoms with Crippen LogP contribution in [0, 0.1) is 0 Å². The Bertz CT molecular complexity index is 724. The fraction of sp³-hybridized carbons (Fsp3) is 0.278. The van der Waals surface area contributed by atoms with Gasteiger partial charge in [-0.25, -0.2) is 4.79 Å². The van der Waals surface area contributed by atoms with Crippen molar-refractivity contribution < 1.29 is 19.1 Å². The van der Waals surface area contributed by atoms with Crippen LogP contribution in [0.1, 0.15) is 44.7 Å². The first-order valence-electron chi connectivity index (χ1n) is 7.57. The molecular weight excluding hydrogens is 326 g/mol. The van der Waals surface area contributed by atoms with Crippen LogP contribution in [0.2, 0.25) is 0 Å². The molecule has 1 atom stereocenters. The second-order valence-electron chi connectivity index (χ2n) is 5.41. The number of benzene rings is 1. The molecule has 24 heavy (non-hydrogen) atoms. The van der Waals surface area contributed by atoms with Crippen molar-refractivity contribution in [3.63, 3.8) is 0 Å². The van der Waals surface area contributed by atoms with E-state index in [1.807, 2.05) is 37.3 Å². The Morgan fingerprint density at radius 3 is 2.38 bits per heavy atom. The monoisotopic (exact) mass is 345 g/mol. The molecule has 0 aliphatic rings. The van der Waals surface area contributed by atoms with Crippen LogP contribution in [0.5, 0.6) is 0 Å². The lowest BCUT2D eigenvalue weighted by molar-refractivity contribution is -0.124. The van der Waals surface area contributed by atoms with Gasteiger partial charge >= 0.3 is 5.97 Å². The van der Waals surface area contributed by atoms with Gasteiger partial charge in [-0.2, -0.15) is 0 Å². The van der Waals surface area contributed by atoms with Crippen molar-refractivity contribution in [2.45, 2.75) is 19.8 Å². The molecule has 0 saturated heterocycles. The third kappa shape index (κ3) is 5.03. The third-order valence-electron chi connectivity index (χ3n) is 3.46. The topological polar surface area (TPSA) is 72.5 Å². The summed E-state index contributed by atoms with van der Waals surface area (Å²) in [5.74, 6) is -0.888. The lowest BCUT2D eigenvalue weighted by Gasteiger charge is -2.13. The van der Waals surface area contributed by atoms with Gasteiger partial charge in [0.1, 0.15) is 4.88 Å². The van der Waals surface area contributed by atoms with Crippen LogP contribution >= 0.6 is 11.3 Å². The fourth-order valence-electron chi connectivity index (χ4n) is 2.06. The van der Waals surface area contributed by atoms with Crippen LogP contribution in [0.3, 0.4) is 0 Å². The van der Waals surface area contributed by atoms with Crippen LogP contribution < -0.4 is 5.32 Å². The maximum absolute atomic E-state index is 11.8. The molecule has 6 heteroatoms. The first kappa shape index (κ1) is 17.9. The maximum Gasteiger partial charge on any atom is 0.348 e. The van der Waals surface area contributed by atoms with Crippen molar-refractivity contribution in [1.82, 2.24) is 5.32 Å². The van der Waals surface area contributed by atoms with Gasteiger partial charge in [-0.15, -0.1) is 11.3 Å². The molecule has 5 nitrogen and oxygen atoms in total. The van der Waals surface area contributed by atoms with E-state index in [4.69, 9.17) is 4.74 Å². The Morgan fingerprint density at radius 1 is 1.08 bits per heavy atom. The number of nitrogens with one attached hydrogen (secondary N) is 1. The maximum atomic E-state index is 11.8. The van der Waals surface area contributed by atoms with Gasteiger partial charge in [0, 0.05) is 6.54 Å². The summed E-state index contributed by atoms with van der Waals surface area (Å²) in [6, 6.07) is 12.9. The van der Waals surface area contributed by atoms with E-state index in [9.17, 15) is 14.4 Å². The normalized spacial score (nSPS) is 11.6. The van der Waals surface area contributed by atoms with Crippen LogP contribution in [0.15, 0.2) is 42.5 Å². The van der Waals surface area contributed by atoms with E-state index in [0.29, 0.717) is 16.3 Å². The highest BCUT2D eigenvalue weighted by atomic mass is 32.1. The summed E-state index contributed by atoms with van der Waals surface area (Å²) in [5.41, 5.74) is 1.13. The van der Waals surface area contributed by atoms with E-state index in [1.54, 1.807) is 6.07 Å². The average molecular weight is 345 g/mol. The molecule has 2 rings (SSSR count). The molecule has 0 spiro atoms. The van der Waals surface area contributed by atoms with E-state index in [0.717, 1.165) is 16.9 Å². The highest BCUT2D eigenvalue weighted by Crippen LogP contribution is 2.18. The van der Waals surface area contributed by atoms with Crippen LogP contribution in [0.4, 0.5) is 0 Å². The zero-order valence-corrected chi connectivity index (χ0v) is 14.4. The zero-order chi connectivity index (χ0) is 17.5. The highest BCUT2D eigenvalue weighted by molar-refractivity contribution is 7.15. The average Bonchev–Trinajstić information content (AvgIpc) is 3.08. The number of hydrogen-bond acceptors (Lipinski definition) is 5. The molecule has 0 saturated carbocycles. The smallest absolute Gasteiger partial charge is 0.348 e. The standard InChI is InChI=1S/C18H19NO4S/c1-12(14-6-4-3-5-7-14)10-19-17(21)11-23-18(22)16-9-8-15(24-16)13(2)20/h3-9,12H,10-11H2,1-2H3,(H,19,21). The lowest BCUT2D eigenvalue weighted by atomic mass is 10.0. The number of ether oxygens (including phenoxy) is 1. The summed E-state index contributed by atoms with van der Waals surface area (Å²) in [5, 5.41) is 2.74. The van der Waals surface area contributed by atoms with Crippen LogP contribution in [0.25, 0.3) is 0 Å². The summed E-state index contributed by atoms with van der Waals surface area (Å²) in [4.78, 5) is 35.6. The van der Waals surface area contributed by atoms with Gasteiger partial charge in [0.05, 0.1) is 4.88 Å². The van der Waals surface area contributed by atoms with E-state index >= 15 is 0 Å². The van der Waals surface area contributed by atoms with Gasteiger partial charge in [0.2, 0.25) is 0 Å². The number of Topliss-reactive ketones (excluding diaryl/α,β-unsaturated/α-hetero) is 1. The number of carbonyl (C=O) groups is 3. The predicted molar refractivity (Wildman–Crippen MR) is 92.5 cm³/mol. The third-order valence-corrected chi connectivity index (χ3v) is 4.63. The minimum absolute atomic E-state index is 0.105. The van der Waals surface area contributed by atoms with Gasteiger partial charge in [0.15, 0.2) is 12.4 Å². The SMILES string of the molecule is CC(=O)c1ccc(C(=O)OCC(=O)NCC(C)c2ccccc2)s1. The quantitative estimate of drug-likeness (QED) is 0.618. The Balaban J connectivity index is 1.76. The number of amides is 1. The van der Waals surface area contributed by atoms with Gasteiger partial charge < -0.3 is 10.1 Å². The summed E-state index contributed by atoms with van der Waals surface area (Å²) >= 11 is 1.06. The van der Waals surface area contributed by atoms with Crippen molar-refractivity contribution in [2.75, 3.05) is 13.2 Å². The van der Waals surface area contributed by atoms with Crippen molar-refractivity contribution in [1.29, 1.82) is 0 Å². The Kier molecular flexibility index (Phi) is 6.26. The number of esters is 1. The zero-order valence-electron chi connectivity index (χ0n) is 13.6. The van der Waals surface area contributed by atoms with Crippen LogP contribution in [-0.2, 0) is 9.53 Å². The minimum Gasteiger partial charge on any atom is -0.451 e. The molecule has 0 aliphatic heterocycles. The summed E-state index contributed by atoms with van der Waals surface area (Å²) in [7, 11) is 0. The molecule has 2 aromatic rings. The van der Waals surface area contributed by atoms with E-state index in [-0.39, 0.29) is 24.2 Å². The minimum atomic E-state index is -0.598. The van der Waals surface area contributed by atoms with Crippen molar-refractivity contribution in [3.05, 3.63) is 57.8 Å². The first-order chi connectivity index (χ1) is 11.5. The summed E-state index contributed by atoms with van der Waals surface area (Å²) in [6.07, 6.45) is 0. The molecule has 1 heterocycles. The molecule has 1 amide bonds. The fourth-order valence-corrected chi connectivity index (χ4v) is 2.85. The van der Waals surface area contributed by atoms with Gasteiger partial charge in [0.25, 0.3) is 5.91 Å². The van der Waals surface area contributed by atoms with Gasteiger partial charge in [-0.05, 0) is 30.5 Å². The Hall–Kier alpha value is -2.47. The van der Waals surface area contributed by atoms with Gasteiger partial charge in [-0.3, -0.25) is 9.59 Å². The number of ketones is 1. The van der Waals surface area contributed by atoms with E-state index < -0.39 is 5.97 Å². The molecule has 1 unspecified atom stereocenters. The van der Waals surface area contributed by atoms with Gasteiger partial charge in [-0.1, -0.05) is 37.3 Å². The molecule has 0 bridgehead atoms. The highest BCUT2D eigenvalue weighted by Gasteiger charge is 2.15. The van der Waals surface area contributed by atoms with E-state index in [1.165, 1.54) is 13.0 Å². The van der Waals surface area contributed by atoms with Crippen LogP contribution in [-0.4, -0.2) is 30.8 Å².